The molecule has 1 amide bonds. The lowest BCUT2D eigenvalue weighted by Gasteiger charge is -2.24. The quantitative estimate of drug-likeness (QED) is 0.873. The summed E-state index contributed by atoms with van der Waals surface area (Å²) >= 11 is 1.69. The average molecular weight is 301 g/mol. The number of aromatic nitrogens is 1. The van der Waals surface area contributed by atoms with Crippen LogP contribution < -0.4 is 4.90 Å². The van der Waals surface area contributed by atoms with Gasteiger partial charge in [-0.3, -0.25) is 4.79 Å². The average Bonchev–Trinajstić information content (AvgIpc) is 3.17. The number of pyridine rings is 1. The first kappa shape index (κ1) is 14.1. The van der Waals surface area contributed by atoms with E-state index in [0.717, 1.165) is 30.8 Å². The van der Waals surface area contributed by atoms with E-state index in [1.807, 2.05) is 30.0 Å². The maximum Gasteiger partial charge on any atom is 0.254 e. The Kier molecular flexibility index (Phi) is 3.92. The van der Waals surface area contributed by atoms with E-state index < -0.39 is 0 Å². The Morgan fingerprint density at radius 3 is 3.00 bits per heavy atom. The Morgan fingerprint density at radius 2 is 2.29 bits per heavy atom. The van der Waals surface area contributed by atoms with E-state index in [1.165, 1.54) is 5.56 Å². The molecule has 0 aromatic carbocycles. The van der Waals surface area contributed by atoms with Crippen LogP contribution in [0.5, 0.6) is 0 Å². The minimum atomic E-state index is 0.106. The van der Waals surface area contributed by atoms with Gasteiger partial charge in [0.05, 0.1) is 6.04 Å². The van der Waals surface area contributed by atoms with Crippen molar-refractivity contribution in [3.63, 3.8) is 0 Å². The predicted molar refractivity (Wildman–Crippen MR) is 85.9 cm³/mol. The normalized spacial score (nSPS) is 18.0. The van der Waals surface area contributed by atoms with Crippen LogP contribution in [0.3, 0.4) is 0 Å². The highest BCUT2D eigenvalue weighted by atomic mass is 32.1. The van der Waals surface area contributed by atoms with Crippen LogP contribution >= 0.6 is 11.3 Å². The lowest BCUT2D eigenvalue weighted by Crippen LogP contribution is -2.30. The van der Waals surface area contributed by atoms with Gasteiger partial charge in [-0.25, -0.2) is 4.98 Å². The van der Waals surface area contributed by atoms with Gasteiger partial charge in [0.1, 0.15) is 5.82 Å². The molecule has 1 aliphatic rings. The number of thiophene rings is 1. The highest BCUT2D eigenvalue weighted by molar-refractivity contribution is 7.07. The van der Waals surface area contributed by atoms with E-state index in [1.54, 1.807) is 23.6 Å². The molecule has 1 saturated heterocycles. The fourth-order valence-electron chi connectivity index (χ4n) is 2.78. The van der Waals surface area contributed by atoms with Crippen molar-refractivity contribution in [3.05, 3.63) is 46.3 Å². The first-order valence-corrected chi connectivity index (χ1v) is 8.07. The second-order valence-corrected chi connectivity index (χ2v) is 6.29. The summed E-state index contributed by atoms with van der Waals surface area (Å²) in [7, 11) is 3.86. The summed E-state index contributed by atoms with van der Waals surface area (Å²) in [4.78, 5) is 21.0. The van der Waals surface area contributed by atoms with Crippen LogP contribution in [0, 0.1) is 0 Å². The number of carbonyl (C=O) groups excluding carboxylic acids is 1. The van der Waals surface area contributed by atoms with E-state index >= 15 is 0 Å². The highest BCUT2D eigenvalue weighted by Crippen LogP contribution is 2.34. The number of rotatable bonds is 3. The van der Waals surface area contributed by atoms with Gasteiger partial charge in [0, 0.05) is 32.4 Å². The van der Waals surface area contributed by atoms with E-state index in [0.29, 0.717) is 0 Å². The van der Waals surface area contributed by atoms with Gasteiger partial charge >= 0.3 is 0 Å². The summed E-state index contributed by atoms with van der Waals surface area (Å²) in [5.41, 5.74) is 1.98. The molecule has 5 heteroatoms. The maximum absolute atomic E-state index is 12.8. The summed E-state index contributed by atoms with van der Waals surface area (Å²) in [6.07, 6.45) is 3.82. The number of likely N-dealkylation sites (tertiary alicyclic amines) is 1. The van der Waals surface area contributed by atoms with E-state index in [-0.39, 0.29) is 11.9 Å². The number of hydrogen-bond donors (Lipinski definition) is 0. The first-order chi connectivity index (χ1) is 10.2. The van der Waals surface area contributed by atoms with Gasteiger partial charge < -0.3 is 9.80 Å². The van der Waals surface area contributed by atoms with E-state index in [9.17, 15) is 4.79 Å². The molecule has 0 spiro atoms. The molecular weight excluding hydrogens is 282 g/mol. The molecule has 110 valence electrons. The lowest BCUT2D eigenvalue weighted by molar-refractivity contribution is 0.0736. The number of anilines is 1. The highest BCUT2D eigenvalue weighted by Gasteiger charge is 2.30. The zero-order valence-electron chi connectivity index (χ0n) is 12.3. The zero-order chi connectivity index (χ0) is 14.8. The molecule has 1 atom stereocenters. The second kappa shape index (κ2) is 5.85. The van der Waals surface area contributed by atoms with Crippen molar-refractivity contribution in [3.8, 4) is 0 Å². The van der Waals surface area contributed by atoms with Gasteiger partial charge in [-0.1, -0.05) is 0 Å². The molecule has 0 aliphatic carbocycles. The molecule has 2 aromatic heterocycles. The first-order valence-electron chi connectivity index (χ1n) is 7.13. The summed E-state index contributed by atoms with van der Waals surface area (Å²) in [5, 5.41) is 4.22. The van der Waals surface area contributed by atoms with Crippen molar-refractivity contribution in [2.24, 2.45) is 0 Å². The smallest absolute Gasteiger partial charge is 0.254 e. The molecule has 3 rings (SSSR count). The monoisotopic (exact) mass is 301 g/mol. The van der Waals surface area contributed by atoms with Crippen molar-refractivity contribution in [2.75, 3.05) is 25.5 Å². The molecule has 0 bridgehead atoms. The largest absolute Gasteiger partial charge is 0.363 e. The molecule has 0 saturated carbocycles. The Labute approximate surface area is 129 Å². The molecule has 21 heavy (non-hydrogen) atoms. The number of hydrogen-bond acceptors (Lipinski definition) is 4. The molecule has 2 aromatic rings. The van der Waals surface area contributed by atoms with Gasteiger partial charge in [0.25, 0.3) is 5.91 Å². The predicted octanol–water partition coefficient (Wildman–Crippen LogP) is 3.19. The van der Waals surface area contributed by atoms with Gasteiger partial charge in [0.2, 0.25) is 0 Å². The van der Waals surface area contributed by atoms with Gasteiger partial charge in [-0.05, 0) is 47.4 Å². The molecule has 1 aliphatic heterocycles. The van der Waals surface area contributed by atoms with E-state index in [2.05, 4.69) is 21.8 Å². The Morgan fingerprint density at radius 1 is 1.43 bits per heavy atom. The third kappa shape index (κ3) is 2.78. The fourth-order valence-corrected chi connectivity index (χ4v) is 3.49. The standard InChI is InChI=1S/C16H19N3OS/c1-18(2)15-10-12(5-7-17-15)16(20)19-8-3-4-14(19)13-6-9-21-11-13/h5-7,9-11,14H,3-4,8H2,1-2H3/t14-/m1/s1. The van der Waals surface area contributed by atoms with Crippen LogP contribution in [0.25, 0.3) is 0 Å². The van der Waals surface area contributed by atoms with Crippen molar-refractivity contribution < 1.29 is 4.79 Å². The molecular formula is C16H19N3OS. The topological polar surface area (TPSA) is 36.4 Å². The Hall–Kier alpha value is -1.88. The Bertz CT molecular complexity index is 624. The molecule has 4 nitrogen and oxygen atoms in total. The maximum atomic E-state index is 12.8. The molecule has 1 fully saturated rings. The van der Waals surface area contributed by atoms with Crippen molar-refractivity contribution >= 4 is 23.1 Å². The number of nitrogens with zero attached hydrogens (tertiary/aromatic N) is 3. The summed E-state index contributed by atoms with van der Waals surface area (Å²) in [6, 6.07) is 6.02. The number of amides is 1. The fraction of sp³-hybridized carbons (Fsp3) is 0.375. The second-order valence-electron chi connectivity index (χ2n) is 5.51. The summed E-state index contributed by atoms with van der Waals surface area (Å²) in [6.45, 7) is 0.832. The summed E-state index contributed by atoms with van der Waals surface area (Å²) < 4.78 is 0. The lowest BCUT2D eigenvalue weighted by atomic mass is 10.1. The van der Waals surface area contributed by atoms with Crippen molar-refractivity contribution in [1.29, 1.82) is 0 Å². The molecule has 0 radical (unpaired) electrons. The van der Waals surface area contributed by atoms with Crippen LogP contribution in [0.4, 0.5) is 5.82 Å². The third-order valence-electron chi connectivity index (χ3n) is 3.89. The minimum Gasteiger partial charge on any atom is -0.363 e. The van der Waals surface area contributed by atoms with Crippen molar-refractivity contribution in [1.82, 2.24) is 9.88 Å². The van der Waals surface area contributed by atoms with E-state index in [4.69, 9.17) is 0 Å². The minimum absolute atomic E-state index is 0.106. The van der Waals surface area contributed by atoms with Crippen LogP contribution in [-0.4, -0.2) is 36.4 Å². The SMILES string of the molecule is CN(C)c1cc(C(=O)N2CCC[C@@H]2c2ccsc2)ccn1. The molecule has 0 unspecified atom stereocenters. The number of carbonyl (C=O) groups is 1. The zero-order valence-corrected chi connectivity index (χ0v) is 13.1. The summed E-state index contributed by atoms with van der Waals surface area (Å²) in [5.74, 6) is 0.918. The van der Waals surface area contributed by atoms with Crippen LogP contribution in [-0.2, 0) is 0 Å². The van der Waals surface area contributed by atoms with Crippen LogP contribution in [0.2, 0.25) is 0 Å². The van der Waals surface area contributed by atoms with Gasteiger partial charge in [-0.15, -0.1) is 0 Å². The van der Waals surface area contributed by atoms with Crippen LogP contribution in [0.1, 0.15) is 34.8 Å². The third-order valence-corrected chi connectivity index (χ3v) is 4.59. The Balaban J connectivity index is 1.86. The molecule has 0 N–H and O–H groups in total. The van der Waals surface area contributed by atoms with Gasteiger partial charge in [-0.2, -0.15) is 11.3 Å². The molecule has 3 heterocycles. The van der Waals surface area contributed by atoms with Crippen molar-refractivity contribution in [2.45, 2.75) is 18.9 Å². The van der Waals surface area contributed by atoms with Crippen LogP contribution in [0.15, 0.2) is 35.2 Å². The van der Waals surface area contributed by atoms with Gasteiger partial charge in [0.15, 0.2) is 0 Å².